The number of anilines is 1. The largest absolute Gasteiger partial charge is 0.465 e. The summed E-state index contributed by atoms with van der Waals surface area (Å²) < 4.78 is 21.8. The normalized spacial score (nSPS) is 15.9. The SMILES string of the molecule is CCOC(=O)C(C#N)C(=O)c1cn(C2CC2)c2c(Cl)c(N3CC=C(CNC)C3)c(F)cc2c1=O.Cl. The average molecular weight is 523 g/mol. The Morgan fingerprint density at radius 2 is 2.11 bits per heavy atom. The van der Waals surface area contributed by atoms with Crippen LogP contribution in [0.2, 0.25) is 5.02 Å². The molecule has 1 aliphatic carbocycles. The molecule has 186 valence electrons. The highest BCUT2D eigenvalue weighted by Gasteiger charge is 2.35. The van der Waals surface area contributed by atoms with Crippen LogP contribution in [-0.4, -0.2) is 49.6 Å². The molecule has 0 amide bonds. The zero-order chi connectivity index (χ0) is 24.6. The average Bonchev–Trinajstić information content (AvgIpc) is 3.54. The van der Waals surface area contributed by atoms with Crippen molar-refractivity contribution in [2.24, 2.45) is 5.92 Å². The van der Waals surface area contributed by atoms with Crippen molar-refractivity contribution in [1.82, 2.24) is 9.88 Å². The summed E-state index contributed by atoms with van der Waals surface area (Å²) in [6, 6.07) is 2.69. The van der Waals surface area contributed by atoms with Gasteiger partial charge in [0.2, 0.25) is 5.92 Å². The molecule has 35 heavy (non-hydrogen) atoms. The fourth-order valence-electron chi connectivity index (χ4n) is 4.28. The molecule has 0 bridgehead atoms. The van der Waals surface area contributed by atoms with Gasteiger partial charge in [-0.25, -0.2) is 4.39 Å². The lowest BCUT2D eigenvalue weighted by Crippen LogP contribution is -2.30. The minimum Gasteiger partial charge on any atom is -0.465 e. The van der Waals surface area contributed by atoms with Crippen LogP contribution < -0.4 is 15.6 Å². The fraction of sp³-hybridized carbons (Fsp3) is 0.417. The van der Waals surface area contributed by atoms with Gasteiger partial charge in [-0.3, -0.25) is 14.4 Å². The summed E-state index contributed by atoms with van der Waals surface area (Å²) in [5.41, 5.74) is 0.505. The van der Waals surface area contributed by atoms with Crippen molar-refractivity contribution in [1.29, 1.82) is 5.26 Å². The number of benzene rings is 1. The molecule has 1 aliphatic heterocycles. The number of ether oxygens (including phenoxy) is 1. The Kier molecular flexibility index (Phi) is 8.21. The van der Waals surface area contributed by atoms with Gasteiger partial charge in [0.1, 0.15) is 5.82 Å². The van der Waals surface area contributed by atoms with E-state index in [1.54, 1.807) is 22.5 Å². The number of hydrogen-bond acceptors (Lipinski definition) is 7. The minimum absolute atomic E-state index is 0. The molecule has 11 heteroatoms. The maximum Gasteiger partial charge on any atom is 0.331 e. The van der Waals surface area contributed by atoms with Crippen LogP contribution >= 0.6 is 24.0 Å². The van der Waals surface area contributed by atoms with Crippen LogP contribution in [0.1, 0.15) is 36.2 Å². The lowest BCUT2D eigenvalue weighted by atomic mass is 9.98. The number of hydrogen-bond donors (Lipinski definition) is 1. The Labute approximate surface area is 212 Å². The highest BCUT2D eigenvalue weighted by molar-refractivity contribution is 6.38. The molecule has 2 aliphatic rings. The van der Waals surface area contributed by atoms with Crippen LogP contribution in [0.15, 0.2) is 28.7 Å². The Morgan fingerprint density at radius 3 is 2.71 bits per heavy atom. The van der Waals surface area contributed by atoms with Gasteiger partial charge in [0.15, 0.2) is 11.2 Å². The first kappa shape index (κ1) is 26.7. The van der Waals surface area contributed by atoms with Gasteiger partial charge in [0, 0.05) is 31.9 Å². The number of nitriles is 1. The number of nitrogens with one attached hydrogen (secondary N) is 1. The van der Waals surface area contributed by atoms with Crippen LogP contribution in [0.3, 0.4) is 0 Å². The zero-order valence-electron chi connectivity index (χ0n) is 19.3. The molecule has 1 saturated carbocycles. The molecule has 8 nitrogen and oxygen atoms in total. The first-order valence-electron chi connectivity index (χ1n) is 11.1. The molecule has 2 aromatic rings. The van der Waals surface area contributed by atoms with Gasteiger partial charge in [0.05, 0.1) is 39.9 Å². The summed E-state index contributed by atoms with van der Waals surface area (Å²) in [6.07, 6.45) is 4.94. The molecule has 0 saturated heterocycles. The predicted octanol–water partition coefficient (Wildman–Crippen LogP) is 3.40. The van der Waals surface area contributed by atoms with Crippen molar-refractivity contribution in [3.05, 3.63) is 50.5 Å². The number of ketones is 1. The summed E-state index contributed by atoms with van der Waals surface area (Å²) in [6.45, 7) is 3.18. The number of carbonyl (C=O) groups excluding carboxylic acids is 2. The third kappa shape index (κ3) is 4.92. The van der Waals surface area contributed by atoms with Crippen LogP contribution in [0, 0.1) is 23.1 Å². The second-order valence-corrected chi connectivity index (χ2v) is 8.76. The number of esters is 1. The van der Waals surface area contributed by atoms with Gasteiger partial charge in [0.25, 0.3) is 0 Å². The van der Waals surface area contributed by atoms with Crippen molar-refractivity contribution in [2.45, 2.75) is 25.8 Å². The van der Waals surface area contributed by atoms with Gasteiger partial charge in [-0.05, 0) is 38.5 Å². The van der Waals surface area contributed by atoms with E-state index >= 15 is 4.39 Å². The Balaban J connectivity index is 0.00000342. The van der Waals surface area contributed by atoms with Gasteiger partial charge in [-0.15, -0.1) is 12.4 Å². The van der Waals surface area contributed by atoms with E-state index in [4.69, 9.17) is 16.3 Å². The molecule has 1 unspecified atom stereocenters. The third-order valence-electron chi connectivity index (χ3n) is 6.02. The number of aromatic nitrogens is 1. The third-order valence-corrected chi connectivity index (χ3v) is 6.38. The summed E-state index contributed by atoms with van der Waals surface area (Å²) in [4.78, 5) is 40.2. The lowest BCUT2D eigenvalue weighted by molar-refractivity contribution is -0.144. The molecular weight excluding hydrogens is 498 g/mol. The molecule has 1 N–H and O–H groups in total. The van der Waals surface area contributed by atoms with Crippen LogP contribution in [0.4, 0.5) is 10.1 Å². The standard InChI is InChI=1S/C24H24ClFN4O4.ClH/c1-3-34-24(33)16(9-27)23(32)17-12-30(14-4-5-14)20-15(22(17)31)8-18(26)21(19(20)25)29-7-6-13(11-29)10-28-2;/h6,8,12,14,16,28H,3-5,7,10-11H2,1-2H3;1H. The molecule has 1 fully saturated rings. The van der Waals surface area contributed by atoms with Gasteiger partial charge in [-0.2, -0.15) is 5.26 Å². The molecule has 1 atom stereocenters. The molecule has 1 aromatic heterocycles. The van der Waals surface area contributed by atoms with E-state index in [1.165, 1.54) is 6.20 Å². The topological polar surface area (TPSA) is 104 Å². The Morgan fingerprint density at radius 1 is 1.40 bits per heavy atom. The van der Waals surface area contributed by atoms with Crippen molar-refractivity contribution in [3.8, 4) is 6.07 Å². The van der Waals surface area contributed by atoms with Gasteiger partial charge < -0.3 is 19.5 Å². The first-order valence-corrected chi connectivity index (χ1v) is 11.4. The summed E-state index contributed by atoms with van der Waals surface area (Å²) >= 11 is 6.72. The van der Waals surface area contributed by atoms with Crippen molar-refractivity contribution < 1.29 is 18.7 Å². The molecule has 1 aromatic carbocycles. The number of likely N-dealkylation sites (N-methyl/N-ethyl adjacent to an activating group) is 1. The van der Waals surface area contributed by atoms with Crippen molar-refractivity contribution >= 4 is 52.4 Å². The van der Waals surface area contributed by atoms with E-state index in [0.717, 1.165) is 24.5 Å². The van der Waals surface area contributed by atoms with E-state index in [9.17, 15) is 19.6 Å². The maximum atomic E-state index is 15.3. The van der Waals surface area contributed by atoms with Crippen LogP contribution in [0.5, 0.6) is 0 Å². The predicted molar refractivity (Wildman–Crippen MR) is 133 cm³/mol. The number of carbonyl (C=O) groups is 2. The van der Waals surface area contributed by atoms with E-state index in [-0.39, 0.29) is 46.7 Å². The highest BCUT2D eigenvalue weighted by Crippen LogP contribution is 2.42. The van der Waals surface area contributed by atoms with E-state index in [1.807, 2.05) is 13.1 Å². The summed E-state index contributed by atoms with van der Waals surface area (Å²) in [5.74, 6) is -4.45. The number of rotatable bonds is 8. The minimum atomic E-state index is -1.78. The number of fused-ring (bicyclic) bond motifs is 1. The fourth-order valence-corrected chi connectivity index (χ4v) is 4.69. The van der Waals surface area contributed by atoms with Gasteiger partial charge in [-0.1, -0.05) is 17.7 Å². The highest BCUT2D eigenvalue weighted by atomic mass is 35.5. The Hall–Kier alpha value is -2.93. The van der Waals surface area contributed by atoms with E-state index in [2.05, 4.69) is 5.32 Å². The number of Topliss-reactive ketones (excluding diaryl/α,β-unsaturated/α-hetero) is 1. The number of pyridine rings is 1. The molecule has 2 heterocycles. The van der Waals surface area contributed by atoms with Crippen molar-refractivity contribution in [2.75, 3.05) is 38.2 Å². The summed E-state index contributed by atoms with van der Waals surface area (Å²) in [5, 5.41) is 12.5. The number of nitrogens with zero attached hydrogens (tertiary/aromatic N) is 3. The molecule has 0 radical (unpaired) electrons. The maximum absolute atomic E-state index is 15.3. The number of halogens is 3. The van der Waals surface area contributed by atoms with Crippen LogP contribution in [-0.2, 0) is 9.53 Å². The molecule has 4 rings (SSSR count). The monoisotopic (exact) mass is 522 g/mol. The van der Waals surface area contributed by atoms with Gasteiger partial charge >= 0.3 is 5.97 Å². The second kappa shape index (κ2) is 10.8. The first-order chi connectivity index (χ1) is 16.3. The lowest BCUT2D eigenvalue weighted by Gasteiger charge is -2.23. The zero-order valence-corrected chi connectivity index (χ0v) is 20.8. The smallest absolute Gasteiger partial charge is 0.331 e. The summed E-state index contributed by atoms with van der Waals surface area (Å²) in [7, 11) is 1.83. The van der Waals surface area contributed by atoms with E-state index in [0.29, 0.717) is 25.2 Å². The second-order valence-electron chi connectivity index (χ2n) is 8.38. The molecular formula is C24H25Cl2FN4O4. The quantitative estimate of drug-likeness (QED) is 0.245. The molecule has 0 spiro atoms. The Bertz CT molecular complexity index is 1310. The van der Waals surface area contributed by atoms with Crippen molar-refractivity contribution in [3.63, 3.8) is 0 Å². The van der Waals surface area contributed by atoms with Crippen LogP contribution in [0.25, 0.3) is 10.9 Å². The van der Waals surface area contributed by atoms with E-state index < -0.39 is 28.9 Å².